The van der Waals surface area contributed by atoms with Crippen molar-refractivity contribution < 1.29 is 14.7 Å². The molecule has 1 aromatic carbocycles. The van der Waals surface area contributed by atoms with Crippen LogP contribution in [0.5, 0.6) is 0 Å². The van der Waals surface area contributed by atoms with Crippen LogP contribution in [0.4, 0.5) is 0 Å². The van der Waals surface area contributed by atoms with Gasteiger partial charge in [-0.2, -0.15) is 0 Å². The van der Waals surface area contributed by atoms with Crippen molar-refractivity contribution in [3.8, 4) is 0 Å². The minimum Gasteiger partial charge on any atom is -0.511 e. The number of carbonyl (C=O) groups is 2. The highest BCUT2D eigenvalue weighted by Gasteiger charge is 2.31. The predicted molar refractivity (Wildman–Crippen MR) is 106 cm³/mol. The van der Waals surface area contributed by atoms with Crippen LogP contribution < -0.4 is 11.2 Å². The molecule has 1 aromatic heterocycles. The molecule has 1 N–H and O–H groups in total. The third kappa shape index (κ3) is 3.00. The summed E-state index contributed by atoms with van der Waals surface area (Å²) in [4.78, 5) is 50.8. The Bertz CT molecular complexity index is 1150. The number of ketones is 2. The van der Waals surface area contributed by atoms with E-state index in [1.54, 1.807) is 20.0 Å². The zero-order chi connectivity index (χ0) is 20.7. The number of rotatable bonds is 4. The predicted octanol–water partition coefficient (Wildman–Crippen LogP) is 2.41. The monoisotopic (exact) mass is 384 g/mol. The van der Waals surface area contributed by atoms with Gasteiger partial charge >= 0.3 is 5.69 Å². The van der Waals surface area contributed by atoms with E-state index in [2.05, 4.69) is 0 Å². The zero-order valence-corrected chi connectivity index (χ0v) is 16.5. The summed E-state index contributed by atoms with van der Waals surface area (Å²) in [6.07, 6.45) is 1.10. The number of hydrogen-bond donors (Lipinski definition) is 1. The average Bonchev–Trinajstić information content (AvgIpc) is 2.62. The highest BCUT2D eigenvalue weighted by Crippen LogP contribution is 2.29. The van der Waals surface area contributed by atoms with Crippen molar-refractivity contribution in [3.63, 3.8) is 0 Å². The Labute approximate surface area is 161 Å². The van der Waals surface area contributed by atoms with Gasteiger partial charge in [0.25, 0.3) is 5.56 Å². The van der Waals surface area contributed by atoms with E-state index < -0.39 is 17.0 Å². The summed E-state index contributed by atoms with van der Waals surface area (Å²) >= 11 is 0. The quantitative estimate of drug-likeness (QED) is 0.645. The number of aliphatic hydroxyl groups excluding tert-OH is 1. The van der Waals surface area contributed by atoms with Crippen LogP contribution in [0.1, 0.15) is 49.0 Å². The maximum absolute atomic E-state index is 13.0. The number of fused-ring (bicyclic) bond motifs is 1. The van der Waals surface area contributed by atoms with Gasteiger partial charge in [-0.3, -0.25) is 23.5 Å². The fourth-order valence-electron chi connectivity index (χ4n) is 3.90. The summed E-state index contributed by atoms with van der Waals surface area (Å²) < 4.78 is 2.55. The fraction of sp³-hybridized carbons (Fsp3) is 0.429. The average molecular weight is 384 g/mol. The van der Waals surface area contributed by atoms with Gasteiger partial charge in [-0.15, -0.1) is 0 Å². The first-order valence-electron chi connectivity index (χ1n) is 9.42. The van der Waals surface area contributed by atoms with E-state index in [9.17, 15) is 24.3 Å². The lowest BCUT2D eigenvalue weighted by Gasteiger charge is -2.20. The van der Waals surface area contributed by atoms with E-state index in [-0.39, 0.29) is 53.4 Å². The first-order chi connectivity index (χ1) is 13.2. The molecular weight excluding hydrogens is 360 g/mol. The second kappa shape index (κ2) is 7.22. The minimum atomic E-state index is -0.580. The van der Waals surface area contributed by atoms with Crippen LogP contribution in [-0.4, -0.2) is 25.8 Å². The normalized spacial score (nSPS) is 17.4. The number of aromatic nitrogens is 2. The Morgan fingerprint density at radius 1 is 1.21 bits per heavy atom. The van der Waals surface area contributed by atoms with Gasteiger partial charge in [0.2, 0.25) is 0 Å². The Kier molecular flexibility index (Phi) is 5.10. The molecule has 148 valence electrons. The lowest BCUT2D eigenvalue weighted by Crippen LogP contribution is -2.39. The summed E-state index contributed by atoms with van der Waals surface area (Å²) in [5.74, 6) is -1.18. The Morgan fingerprint density at radius 2 is 1.89 bits per heavy atom. The minimum absolute atomic E-state index is 0.0162. The molecule has 7 heteroatoms. The number of benzene rings is 1. The van der Waals surface area contributed by atoms with Crippen LogP contribution in [0.25, 0.3) is 10.9 Å². The second-order valence-corrected chi connectivity index (χ2v) is 7.52. The van der Waals surface area contributed by atoms with Crippen molar-refractivity contribution >= 4 is 22.5 Å². The number of aliphatic hydroxyl groups is 1. The fourth-order valence-corrected chi connectivity index (χ4v) is 3.90. The molecule has 1 aliphatic rings. The largest absolute Gasteiger partial charge is 0.511 e. The van der Waals surface area contributed by atoms with Crippen molar-refractivity contribution in [1.29, 1.82) is 0 Å². The maximum atomic E-state index is 13.0. The molecule has 0 spiro atoms. The van der Waals surface area contributed by atoms with Crippen molar-refractivity contribution in [3.05, 3.63) is 55.4 Å². The number of carbonyl (C=O) groups excluding carboxylic acids is 2. The SMILES string of the molecule is CCCn1c(=O)c2c(C)c(C(=O)C3=C(O)CC(C)CC3=O)ccc2n(C)c1=O. The van der Waals surface area contributed by atoms with E-state index in [0.29, 0.717) is 17.5 Å². The molecule has 1 unspecified atom stereocenters. The summed E-state index contributed by atoms with van der Waals surface area (Å²) in [5, 5.41) is 10.5. The summed E-state index contributed by atoms with van der Waals surface area (Å²) in [6.45, 7) is 5.62. The van der Waals surface area contributed by atoms with E-state index in [1.165, 1.54) is 10.6 Å². The van der Waals surface area contributed by atoms with E-state index in [1.807, 2.05) is 13.8 Å². The summed E-state index contributed by atoms with van der Waals surface area (Å²) in [6, 6.07) is 3.05. The van der Waals surface area contributed by atoms with E-state index in [0.717, 1.165) is 4.57 Å². The van der Waals surface area contributed by atoms with Crippen molar-refractivity contribution in [2.45, 2.75) is 46.6 Å². The van der Waals surface area contributed by atoms with Crippen LogP contribution in [-0.2, 0) is 18.4 Å². The molecule has 0 aliphatic heterocycles. The topological polar surface area (TPSA) is 98.4 Å². The zero-order valence-electron chi connectivity index (χ0n) is 16.5. The lowest BCUT2D eigenvalue weighted by atomic mass is 9.84. The van der Waals surface area contributed by atoms with Crippen molar-refractivity contribution in [1.82, 2.24) is 9.13 Å². The van der Waals surface area contributed by atoms with Crippen LogP contribution in [0.2, 0.25) is 0 Å². The number of aryl methyl sites for hydroxylation is 2. The Balaban J connectivity index is 2.27. The highest BCUT2D eigenvalue weighted by molar-refractivity contribution is 6.27. The van der Waals surface area contributed by atoms with Crippen LogP contribution >= 0.6 is 0 Å². The van der Waals surface area contributed by atoms with Gasteiger partial charge in [0.1, 0.15) is 11.3 Å². The molecule has 0 radical (unpaired) electrons. The Hall–Kier alpha value is -2.96. The van der Waals surface area contributed by atoms with E-state index >= 15 is 0 Å². The van der Waals surface area contributed by atoms with Gasteiger partial charge in [-0.05, 0) is 37.0 Å². The first-order valence-corrected chi connectivity index (χ1v) is 9.42. The first kappa shape index (κ1) is 19.8. The van der Waals surface area contributed by atoms with Crippen LogP contribution in [0.15, 0.2) is 33.1 Å². The number of allylic oxidation sites excluding steroid dienone is 2. The standard InChI is InChI=1S/C21H24N2O5/c1-5-8-23-20(27)17-12(3)13(6-7-14(17)22(4)21(23)28)19(26)18-15(24)9-11(2)10-16(18)25/h6-7,11,24H,5,8-10H2,1-4H3. The maximum Gasteiger partial charge on any atom is 0.331 e. The number of hydrogen-bond acceptors (Lipinski definition) is 5. The van der Waals surface area contributed by atoms with E-state index in [4.69, 9.17) is 0 Å². The molecule has 1 aliphatic carbocycles. The third-order valence-corrected chi connectivity index (χ3v) is 5.34. The molecular formula is C21H24N2O5. The molecule has 0 bridgehead atoms. The molecule has 7 nitrogen and oxygen atoms in total. The van der Waals surface area contributed by atoms with Gasteiger partial charge in [-0.25, -0.2) is 4.79 Å². The van der Waals surface area contributed by atoms with Crippen molar-refractivity contribution in [2.24, 2.45) is 13.0 Å². The van der Waals surface area contributed by atoms with Crippen LogP contribution in [0.3, 0.4) is 0 Å². The Morgan fingerprint density at radius 3 is 2.50 bits per heavy atom. The van der Waals surface area contributed by atoms with Gasteiger partial charge < -0.3 is 5.11 Å². The molecule has 1 atom stereocenters. The summed E-state index contributed by atoms with van der Waals surface area (Å²) in [5.41, 5.74) is -0.0311. The van der Waals surface area contributed by atoms with Crippen molar-refractivity contribution in [2.75, 3.05) is 0 Å². The number of Topliss-reactive ketones (excluding diaryl/α,β-unsaturated/α-hetero) is 2. The van der Waals surface area contributed by atoms with Crippen LogP contribution in [0, 0.1) is 12.8 Å². The molecule has 0 amide bonds. The molecule has 0 fully saturated rings. The third-order valence-electron chi connectivity index (χ3n) is 5.34. The molecule has 28 heavy (non-hydrogen) atoms. The highest BCUT2D eigenvalue weighted by atomic mass is 16.3. The molecule has 0 saturated carbocycles. The lowest BCUT2D eigenvalue weighted by molar-refractivity contribution is -0.116. The molecule has 2 aromatic rings. The van der Waals surface area contributed by atoms with Gasteiger partial charge in [0.15, 0.2) is 11.6 Å². The van der Waals surface area contributed by atoms with Gasteiger partial charge in [-0.1, -0.05) is 13.8 Å². The smallest absolute Gasteiger partial charge is 0.331 e. The van der Waals surface area contributed by atoms with Gasteiger partial charge in [0, 0.05) is 32.0 Å². The molecule has 1 heterocycles. The van der Waals surface area contributed by atoms with Gasteiger partial charge in [0.05, 0.1) is 10.9 Å². The molecule has 0 saturated heterocycles. The second-order valence-electron chi connectivity index (χ2n) is 7.52. The number of nitrogens with zero attached hydrogens (tertiary/aromatic N) is 2. The summed E-state index contributed by atoms with van der Waals surface area (Å²) in [7, 11) is 1.58. The molecule has 3 rings (SSSR count).